The van der Waals surface area contributed by atoms with Crippen LogP contribution in [0.4, 0.5) is 10.1 Å². The second-order valence-corrected chi connectivity index (χ2v) is 7.14. The van der Waals surface area contributed by atoms with Crippen LogP contribution in [0.3, 0.4) is 0 Å². The zero-order chi connectivity index (χ0) is 17.9. The number of halogens is 2. The number of hydrogen-bond acceptors (Lipinski definition) is 2. The molecule has 1 N–H and O–H groups in total. The van der Waals surface area contributed by atoms with Crippen molar-refractivity contribution in [1.82, 2.24) is 5.01 Å². The zero-order valence-corrected chi connectivity index (χ0v) is 15.1. The van der Waals surface area contributed by atoms with E-state index in [1.807, 2.05) is 36.4 Å². The molecule has 0 spiro atoms. The summed E-state index contributed by atoms with van der Waals surface area (Å²) in [5.41, 5.74) is 8.31. The Labute approximate surface area is 158 Å². The van der Waals surface area contributed by atoms with Gasteiger partial charge in [0.05, 0.1) is 0 Å². The standard InChI is InChI=1S/C22H20ClFN2/c23-19-9-8-17-15-26(25-21-4-2-1-3-5-21)22(14-18(17)13-19)12-16-6-10-20(24)11-7-16/h1-11,13,22,25H,12,14-15H2. The lowest BCUT2D eigenvalue weighted by Gasteiger charge is -2.38. The predicted octanol–water partition coefficient (Wildman–Crippen LogP) is 5.48. The zero-order valence-electron chi connectivity index (χ0n) is 14.3. The molecule has 1 aliphatic heterocycles. The van der Waals surface area contributed by atoms with Gasteiger partial charge in [-0.15, -0.1) is 0 Å². The van der Waals surface area contributed by atoms with E-state index in [1.165, 1.54) is 23.3 Å². The number of benzene rings is 3. The number of hydrazine groups is 1. The summed E-state index contributed by atoms with van der Waals surface area (Å²) >= 11 is 6.20. The van der Waals surface area contributed by atoms with Crippen LogP contribution in [0.2, 0.25) is 5.02 Å². The average molecular weight is 367 g/mol. The third-order valence-electron chi connectivity index (χ3n) is 4.84. The molecule has 3 aromatic carbocycles. The molecule has 0 bridgehead atoms. The molecule has 4 heteroatoms. The molecule has 0 amide bonds. The van der Waals surface area contributed by atoms with Crippen LogP contribution in [0.5, 0.6) is 0 Å². The highest BCUT2D eigenvalue weighted by Gasteiger charge is 2.26. The fourth-order valence-electron chi connectivity index (χ4n) is 3.50. The van der Waals surface area contributed by atoms with Gasteiger partial charge in [0.15, 0.2) is 0 Å². The maximum atomic E-state index is 13.2. The van der Waals surface area contributed by atoms with E-state index in [4.69, 9.17) is 11.6 Å². The van der Waals surface area contributed by atoms with Crippen molar-refractivity contribution in [2.24, 2.45) is 0 Å². The first-order valence-electron chi connectivity index (χ1n) is 8.77. The summed E-state index contributed by atoms with van der Waals surface area (Å²) in [6.07, 6.45) is 1.74. The van der Waals surface area contributed by atoms with Gasteiger partial charge in [-0.1, -0.05) is 48.0 Å². The quantitative estimate of drug-likeness (QED) is 0.658. The fourth-order valence-corrected chi connectivity index (χ4v) is 3.69. The Kier molecular flexibility index (Phi) is 4.91. The maximum Gasteiger partial charge on any atom is 0.123 e. The molecule has 132 valence electrons. The van der Waals surface area contributed by atoms with Crippen LogP contribution in [0.25, 0.3) is 0 Å². The van der Waals surface area contributed by atoms with Gasteiger partial charge in [0.25, 0.3) is 0 Å². The number of nitrogens with zero attached hydrogens (tertiary/aromatic N) is 1. The lowest BCUT2D eigenvalue weighted by Crippen LogP contribution is -2.45. The summed E-state index contributed by atoms with van der Waals surface area (Å²) in [6.45, 7) is 0.799. The van der Waals surface area contributed by atoms with Crippen molar-refractivity contribution in [3.8, 4) is 0 Å². The van der Waals surface area contributed by atoms with Gasteiger partial charge in [-0.3, -0.25) is 0 Å². The predicted molar refractivity (Wildman–Crippen MR) is 105 cm³/mol. The largest absolute Gasteiger partial charge is 0.318 e. The Bertz CT molecular complexity index is 880. The maximum absolute atomic E-state index is 13.2. The summed E-state index contributed by atoms with van der Waals surface area (Å²) in [4.78, 5) is 0. The topological polar surface area (TPSA) is 15.3 Å². The summed E-state index contributed by atoms with van der Waals surface area (Å²) < 4.78 is 13.2. The SMILES string of the molecule is Fc1ccc(CC2Cc3cc(Cl)ccc3CN2Nc2ccccc2)cc1. The van der Waals surface area contributed by atoms with Crippen LogP contribution >= 0.6 is 11.6 Å². The first-order valence-corrected chi connectivity index (χ1v) is 9.15. The van der Waals surface area contributed by atoms with Crippen molar-refractivity contribution < 1.29 is 4.39 Å². The van der Waals surface area contributed by atoms with Gasteiger partial charge >= 0.3 is 0 Å². The molecule has 1 aliphatic rings. The van der Waals surface area contributed by atoms with E-state index >= 15 is 0 Å². The summed E-state index contributed by atoms with van der Waals surface area (Å²) in [7, 11) is 0. The van der Waals surface area contributed by atoms with Crippen LogP contribution in [0.1, 0.15) is 16.7 Å². The molecule has 0 aliphatic carbocycles. The minimum absolute atomic E-state index is 0.200. The van der Waals surface area contributed by atoms with Crippen LogP contribution in [-0.2, 0) is 19.4 Å². The summed E-state index contributed by atoms with van der Waals surface area (Å²) in [5, 5.41) is 3.04. The van der Waals surface area contributed by atoms with Gasteiger partial charge in [0.2, 0.25) is 0 Å². The second-order valence-electron chi connectivity index (χ2n) is 6.71. The molecule has 1 atom stereocenters. The molecule has 0 radical (unpaired) electrons. The first kappa shape index (κ1) is 17.1. The van der Waals surface area contributed by atoms with Gasteiger partial charge in [0.1, 0.15) is 5.82 Å². The molecule has 1 unspecified atom stereocenters. The van der Waals surface area contributed by atoms with Crippen LogP contribution in [0, 0.1) is 5.82 Å². The van der Waals surface area contributed by atoms with Gasteiger partial charge < -0.3 is 5.43 Å². The van der Waals surface area contributed by atoms with E-state index in [2.05, 4.69) is 34.7 Å². The second kappa shape index (κ2) is 7.48. The molecule has 0 saturated carbocycles. The van der Waals surface area contributed by atoms with Crippen molar-refractivity contribution in [1.29, 1.82) is 0 Å². The molecule has 26 heavy (non-hydrogen) atoms. The van der Waals surface area contributed by atoms with Crippen molar-refractivity contribution in [3.05, 3.63) is 100 Å². The van der Waals surface area contributed by atoms with Crippen molar-refractivity contribution >= 4 is 17.3 Å². The first-order chi connectivity index (χ1) is 12.7. The molecular formula is C22H20ClFN2. The average Bonchev–Trinajstić information content (AvgIpc) is 2.65. The van der Waals surface area contributed by atoms with E-state index in [-0.39, 0.29) is 11.9 Å². The van der Waals surface area contributed by atoms with E-state index in [9.17, 15) is 4.39 Å². The fraction of sp³-hybridized carbons (Fsp3) is 0.182. The highest BCUT2D eigenvalue weighted by molar-refractivity contribution is 6.30. The minimum Gasteiger partial charge on any atom is -0.318 e. The number of fused-ring (bicyclic) bond motifs is 1. The molecule has 0 aromatic heterocycles. The smallest absolute Gasteiger partial charge is 0.123 e. The molecular weight excluding hydrogens is 347 g/mol. The van der Waals surface area contributed by atoms with Gasteiger partial charge in [-0.25, -0.2) is 9.40 Å². The van der Waals surface area contributed by atoms with Crippen molar-refractivity contribution in [2.75, 3.05) is 5.43 Å². The van der Waals surface area contributed by atoms with Gasteiger partial charge in [0, 0.05) is 23.3 Å². The van der Waals surface area contributed by atoms with Crippen LogP contribution in [0.15, 0.2) is 72.8 Å². The molecule has 1 heterocycles. The lowest BCUT2D eigenvalue weighted by atomic mass is 9.91. The molecule has 0 fully saturated rings. The van der Waals surface area contributed by atoms with E-state index in [1.54, 1.807) is 0 Å². The van der Waals surface area contributed by atoms with Crippen molar-refractivity contribution in [2.45, 2.75) is 25.4 Å². The summed E-state index contributed by atoms with van der Waals surface area (Å²) in [6, 6.07) is 23.3. The Balaban J connectivity index is 1.61. The van der Waals surface area contributed by atoms with Gasteiger partial charge in [-0.2, -0.15) is 0 Å². The van der Waals surface area contributed by atoms with E-state index in [0.29, 0.717) is 0 Å². The Morgan fingerprint density at radius 1 is 0.962 bits per heavy atom. The third-order valence-corrected chi connectivity index (χ3v) is 5.07. The number of anilines is 1. The Morgan fingerprint density at radius 2 is 1.73 bits per heavy atom. The number of hydrogen-bond donors (Lipinski definition) is 1. The number of rotatable bonds is 4. The number of nitrogens with one attached hydrogen (secondary N) is 1. The highest BCUT2D eigenvalue weighted by Crippen LogP contribution is 2.28. The van der Waals surface area contributed by atoms with Crippen molar-refractivity contribution in [3.63, 3.8) is 0 Å². The lowest BCUT2D eigenvalue weighted by molar-refractivity contribution is 0.211. The van der Waals surface area contributed by atoms with Crippen LogP contribution in [-0.4, -0.2) is 11.1 Å². The number of para-hydroxylation sites is 1. The summed E-state index contributed by atoms with van der Waals surface area (Å²) in [5.74, 6) is -0.200. The van der Waals surface area contributed by atoms with Crippen LogP contribution < -0.4 is 5.43 Å². The Morgan fingerprint density at radius 3 is 2.50 bits per heavy atom. The minimum atomic E-state index is -0.200. The van der Waals surface area contributed by atoms with E-state index in [0.717, 1.165) is 35.7 Å². The Hall–Kier alpha value is -2.36. The molecule has 2 nitrogen and oxygen atoms in total. The molecule has 4 rings (SSSR count). The highest BCUT2D eigenvalue weighted by atomic mass is 35.5. The monoisotopic (exact) mass is 366 g/mol. The molecule has 3 aromatic rings. The normalized spacial score (nSPS) is 16.9. The third kappa shape index (κ3) is 3.90. The van der Waals surface area contributed by atoms with Gasteiger partial charge in [-0.05, 0) is 65.9 Å². The van der Waals surface area contributed by atoms with E-state index < -0.39 is 0 Å². The molecule has 0 saturated heterocycles.